The highest BCUT2D eigenvalue weighted by Gasteiger charge is 2.14. The summed E-state index contributed by atoms with van der Waals surface area (Å²) in [6, 6.07) is 10.3. The summed E-state index contributed by atoms with van der Waals surface area (Å²) in [5.74, 6) is -2.47. The summed E-state index contributed by atoms with van der Waals surface area (Å²) in [6.07, 6.45) is 0. The first kappa shape index (κ1) is 13.4. The van der Waals surface area contributed by atoms with Crippen molar-refractivity contribution in [3.8, 4) is 0 Å². The molecule has 1 aromatic rings. The van der Waals surface area contributed by atoms with Gasteiger partial charge in [0.25, 0.3) is 0 Å². The van der Waals surface area contributed by atoms with E-state index in [1.807, 2.05) is 18.2 Å². The largest absolute Gasteiger partial charge is 0.475 e. The van der Waals surface area contributed by atoms with Crippen molar-refractivity contribution in [2.45, 2.75) is 20.8 Å². The highest BCUT2D eigenvalue weighted by atomic mass is 16.4. The molecule has 1 rings (SSSR count). The van der Waals surface area contributed by atoms with Crippen LogP contribution in [0, 0.1) is 12.8 Å². The lowest BCUT2D eigenvalue weighted by Crippen LogP contribution is -2.18. The second-order valence-corrected chi connectivity index (χ2v) is 3.48. The molecule has 0 spiro atoms. The second kappa shape index (κ2) is 6.76. The van der Waals surface area contributed by atoms with Crippen LogP contribution in [0.25, 0.3) is 0 Å². The third kappa shape index (κ3) is 6.43. The van der Waals surface area contributed by atoms with Gasteiger partial charge in [-0.3, -0.25) is 4.79 Å². The number of carbonyl (C=O) groups is 2. The highest BCUT2D eigenvalue weighted by molar-refractivity contribution is 6.33. The van der Waals surface area contributed by atoms with Gasteiger partial charge in [0, 0.05) is 5.92 Å². The van der Waals surface area contributed by atoms with Crippen molar-refractivity contribution >= 4 is 11.8 Å². The van der Waals surface area contributed by atoms with Crippen LogP contribution >= 0.6 is 0 Å². The summed E-state index contributed by atoms with van der Waals surface area (Å²) >= 11 is 0. The fourth-order valence-electron chi connectivity index (χ4n) is 0.781. The van der Waals surface area contributed by atoms with E-state index in [2.05, 4.69) is 19.1 Å². The van der Waals surface area contributed by atoms with Gasteiger partial charge in [-0.15, -0.1) is 0 Å². The number of Topliss-reactive ketones (excluding diaryl/α,β-unsaturated/α-hetero) is 1. The number of aryl methyl sites for hydroxylation is 1. The van der Waals surface area contributed by atoms with Crippen LogP contribution in [0.5, 0.6) is 0 Å². The van der Waals surface area contributed by atoms with E-state index in [1.165, 1.54) is 5.56 Å². The Morgan fingerprint density at radius 1 is 1.13 bits per heavy atom. The highest BCUT2D eigenvalue weighted by Crippen LogP contribution is 1.92. The number of aliphatic carboxylic acids is 1. The lowest BCUT2D eigenvalue weighted by atomic mass is 10.1. The molecule has 0 aromatic heterocycles. The third-order valence-electron chi connectivity index (χ3n) is 1.68. The molecule has 1 aromatic carbocycles. The monoisotopic (exact) mass is 208 g/mol. The zero-order valence-corrected chi connectivity index (χ0v) is 9.23. The molecule has 0 heterocycles. The molecule has 1 N–H and O–H groups in total. The van der Waals surface area contributed by atoms with Crippen LogP contribution in [-0.2, 0) is 9.59 Å². The number of carboxylic acids is 1. The maximum atomic E-state index is 10.2. The number of carbonyl (C=O) groups excluding carboxylic acids is 1. The van der Waals surface area contributed by atoms with Crippen LogP contribution in [0.3, 0.4) is 0 Å². The number of carboxylic acid groups (broad SMARTS) is 1. The van der Waals surface area contributed by atoms with E-state index in [4.69, 9.17) is 5.11 Å². The summed E-state index contributed by atoms with van der Waals surface area (Å²) < 4.78 is 0. The molecule has 0 atom stereocenters. The first-order valence-electron chi connectivity index (χ1n) is 4.74. The van der Waals surface area contributed by atoms with Crippen molar-refractivity contribution in [3.63, 3.8) is 0 Å². The molecule has 0 fully saturated rings. The van der Waals surface area contributed by atoms with Gasteiger partial charge in [0.1, 0.15) is 0 Å². The lowest BCUT2D eigenvalue weighted by Gasteiger charge is -1.93. The van der Waals surface area contributed by atoms with E-state index in [1.54, 1.807) is 13.8 Å². The standard InChI is InChI=1S/C7H8.C5H8O3/c1-7-5-3-2-4-6-7;1-3(2)4(6)5(7)8/h2-6H,1H3;3H,1-2H3,(H,7,8). The van der Waals surface area contributed by atoms with Crippen molar-refractivity contribution < 1.29 is 14.7 Å². The fourth-order valence-corrected chi connectivity index (χ4v) is 0.781. The Bertz CT molecular complexity index is 315. The molecule has 0 saturated carbocycles. The van der Waals surface area contributed by atoms with Gasteiger partial charge in [0.2, 0.25) is 5.78 Å². The molecule has 0 unspecified atom stereocenters. The Hall–Kier alpha value is -1.64. The average Bonchev–Trinajstić information content (AvgIpc) is 2.18. The van der Waals surface area contributed by atoms with Crippen LogP contribution < -0.4 is 0 Å². The number of ketones is 1. The van der Waals surface area contributed by atoms with Gasteiger partial charge >= 0.3 is 5.97 Å². The second-order valence-electron chi connectivity index (χ2n) is 3.48. The molecule has 0 saturated heterocycles. The molecule has 0 aliphatic rings. The van der Waals surface area contributed by atoms with Crippen LogP contribution in [-0.4, -0.2) is 16.9 Å². The molecule has 0 aliphatic carbocycles. The molecular weight excluding hydrogens is 192 g/mol. The van der Waals surface area contributed by atoms with E-state index in [0.717, 1.165) is 0 Å². The van der Waals surface area contributed by atoms with Gasteiger partial charge in [-0.25, -0.2) is 4.79 Å². The van der Waals surface area contributed by atoms with Crippen molar-refractivity contribution in [2.75, 3.05) is 0 Å². The molecular formula is C12H16O3. The summed E-state index contributed by atoms with van der Waals surface area (Å²) in [5.41, 5.74) is 1.32. The predicted molar refractivity (Wildman–Crippen MR) is 58.7 cm³/mol. The first-order chi connectivity index (χ1) is 6.95. The topological polar surface area (TPSA) is 54.4 Å². The third-order valence-corrected chi connectivity index (χ3v) is 1.68. The van der Waals surface area contributed by atoms with Crippen molar-refractivity contribution in [1.82, 2.24) is 0 Å². The Morgan fingerprint density at radius 2 is 1.60 bits per heavy atom. The maximum Gasteiger partial charge on any atom is 0.372 e. The van der Waals surface area contributed by atoms with E-state index in [0.29, 0.717) is 0 Å². The quantitative estimate of drug-likeness (QED) is 0.758. The molecule has 82 valence electrons. The van der Waals surface area contributed by atoms with E-state index in [-0.39, 0.29) is 0 Å². The Kier molecular flexibility index (Phi) is 6.02. The number of benzene rings is 1. The fraction of sp³-hybridized carbons (Fsp3) is 0.333. The SMILES string of the molecule is CC(C)C(=O)C(=O)O.Cc1ccccc1. The Labute approximate surface area is 89.7 Å². The maximum absolute atomic E-state index is 10.2. The van der Waals surface area contributed by atoms with Crippen molar-refractivity contribution in [3.05, 3.63) is 35.9 Å². The normalized spacial score (nSPS) is 9.07. The van der Waals surface area contributed by atoms with E-state index >= 15 is 0 Å². The van der Waals surface area contributed by atoms with Gasteiger partial charge in [-0.2, -0.15) is 0 Å². The molecule has 3 nitrogen and oxygen atoms in total. The summed E-state index contributed by atoms with van der Waals surface area (Å²) in [6.45, 7) is 5.19. The molecule has 3 heteroatoms. The van der Waals surface area contributed by atoms with E-state index in [9.17, 15) is 9.59 Å². The lowest BCUT2D eigenvalue weighted by molar-refractivity contribution is -0.150. The minimum atomic E-state index is -1.35. The summed E-state index contributed by atoms with van der Waals surface area (Å²) in [5, 5.41) is 8.00. The van der Waals surface area contributed by atoms with Crippen LogP contribution in [0.1, 0.15) is 19.4 Å². The smallest absolute Gasteiger partial charge is 0.372 e. The first-order valence-corrected chi connectivity index (χ1v) is 4.74. The summed E-state index contributed by atoms with van der Waals surface area (Å²) in [4.78, 5) is 20.0. The van der Waals surface area contributed by atoms with Gasteiger partial charge < -0.3 is 5.11 Å². The predicted octanol–water partition coefficient (Wildman–Crippen LogP) is 2.29. The van der Waals surface area contributed by atoms with Gasteiger partial charge in [0.15, 0.2) is 0 Å². The molecule has 0 amide bonds. The van der Waals surface area contributed by atoms with Crippen molar-refractivity contribution in [2.24, 2.45) is 5.92 Å². The van der Waals surface area contributed by atoms with Gasteiger partial charge in [-0.05, 0) is 6.92 Å². The number of rotatable bonds is 2. The minimum Gasteiger partial charge on any atom is -0.475 e. The molecule has 0 bridgehead atoms. The summed E-state index contributed by atoms with van der Waals surface area (Å²) in [7, 11) is 0. The Balaban J connectivity index is 0.000000262. The zero-order valence-electron chi connectivity index (χ0n) is 9.23. The number of hydrogen-bond acceptors (Lipinski definition) is 2. The minimum absolute atomic E-state index is 0.396. The van der Waals surface area contributed by atoms with Crippen LogP contribution in [0.15, 0.2) is 30.3 Å². The van der Waals surface area contributed by atoms with Gasteiger partial charge in [-0.1, -0.05) is 49.7 Å². The van der Waals surface area contributed by atoms with Crippen molar-refractivity contribution in [1.29, 1.82) is 0 Å². The van der Waals surface area contributed by atoms with Crippen LogP contribution in [0.4, 0.5) is 0 Å². The van der Waals surface area contributed by atoms with Gasteiger partial charge in [0.05, 0.1) is 0 Å². The Morgan fingerprint density at radius 3 is 1.73 bits per heavy atom. The zero-order chi connectivity index (χ0) is 11.8. The van der Waals surface area contributed by atoms with Crippen LogP contribution in [0.2, 0.25) is 0 Å². The molecule has 0 radical (unpaired) electrons. The molecule has 15 heavy (non-hydrogen) atoms. The van der Waals surface area contributed by atoms with E-state index < -0.39 is 17.7 Å². The molecule has 0 aliphatic heterocycles. The number of hydrogen-bond donors (Lipinski definition) is 1. The average molecular weight is 208 g/mol.